The van der Waals surface area contributed by atoms with E-state index >= 15 is 0 Å². The molecule has 4 atom stereocenters. The van der Waals surface area contributed by atoms with E-state index in [1.54, 1.807) is 0 Å². The van der Waals surface area contributed by atoms with Gasteiger partial charge in [0.2, 0.25) is 11.8 Å². The standard InChI is InChI=1S/C25H17N3O2/c26-14-20-21-22(23-18-10-4-2-7-16(18)12-13-27(20)23)25(30)28(24(21)29)19-11-5-8-15-6-1-3-9-17(15)19/h1-13,20-23H/t20-,21+,22+,23+/m1/s1. The van der Waals surface area contributed by atoms with Crippen LogP contribution < -0.4 is 4.90 Å². The smallest absolute Gasteiger partial charge is 0.240 e. The van der Waals surface area contributed by atoms with E-state index in [0.717, 1.165) is 21.9 Å². The Labute approximate surface area is 173 Å². The quantitative estimate of drug-likeness (QED) is 0.591. The number of nitriles is 1. The number of benzene rings is 3. The fraction of sp³-hybridized carbons (Fsp3) is 0.160. The van der Waals surface area contributed by atoms with Gasteiger partial charge in [-0.3, -0.25) is 9.59 Å². The minimum absolute atomic E-state index is 0.223. The maximum atomic E-state index is 13.7. The summed E-state index contributed by atoms with van der Waals surface area (Å²) in [6.45, 7) is 0. The van der Waals surface area contributed by atoms with Gasteiger partial charge in [-0.25, -0.2) is 4.90 Å². The molecule has 3 heterocycles. The number of carbonyl (C=O) groups is 2. The summed E-state index contributed by atoms with van der Waals surface area (Å²) in [5.41, 5.74) is 2.62. The van der Waals surface area contributed by atoms with E-state index in [1.165, 1.54) is 4.90 Å². The Morgan fingerprint density at radius 1 is 0.833 bits per heavy atom. The van der Waals surface area contributed by atoms with Gasteiger partial charge < -0.3 is 4.90 Å². The number of carbonyl (C=O) groups excluding carboxylic acids is 2. The third-order valence-corrected chi connectivity index (χ3v) is 6.60. The molecule has 144 valence electrons. The van der Waals surface area contributed by atoms with E-state index in [2.05, 4.69) is 6.07 Å². The molecule has 0 unspecified atom stereocenters. The molecule has 0 radical (unpaired) electrons. The number of hydrogen-bond donors (Lipinski definition) is 0. The highest BCUT2D eigenvalue weighted by Crippen LogP contribution is 2.53. The molecule has 3 aliphatic heterocycles. The van der Waals surface area contributed by atoms with Crippen LogP contribution in [0.25, 0.3) is 16.8 Å². The van der Waals surface area contributed by atoms with E-state index in [1.807, 2.05) is 83.9 Å². The zero-order valence-corrected chi connectivity index (χ0v) is 16.0. The molecule has 2 amide bonds. The fourth-order valence-corrected chi connectivity index (χ4v) is 5.35. The summed E-state index contributed by atoms with van der Waals surface area (Å²) in [5.74, 6) is -1.76. The van der Waals surface area contributed by atoms with Crippen LogP contribution in [0, 0.1) is 23.2 Å². The molecular formula is C25H17N3O2. The first-order valence-electron chi connectivity index (χ1n) is 10.0. The third-order valence-electron chi connectivity index (χ3n) is 6.60. The highest BCUT2D eigenvalue weighted by Gasteiger charge is 2.63. The second-order valence-corrected chi connectivity index (χ2v) is 7.97. The largest absolute Gasteiger partial charge is 0.353 e. The molecule has 5 nitrogen and oxygen atoms in total. The highest BCUT2D eigenvalue weighted by atomic mass is 16.2. The summed E-state index contributed by atoms with van der Waals surface area (Å²) >= 11 is 0. The molecule has 2 saturated heterocycles. The minimum Gasteiger partial charge on any atom is -0.353 e. The Morgan fingerprint density at radius 3 is 2.43 bits per heavy atom. The molecule has 0 N–H and O–H groups in total. The van der Waals surface area contributed by atoms with E-state index in [9.17, 15) is 14.9 Å². The van der Waals surface area contributed by atoms with Crippen molar-refractivity contribution in [3.8, 4) is 6.07 Å². The Kier molecular flexibility index (Phi) is 3.42. The lowest BCUT2D eigenvalue weighted by molar-refractivity contribution is -0.123. The maximum absolute atomic E-state index is 13.7. The van der Waals surface area contributed by atoms with Crippen LogP contribution in [0.2, 0.25) is 0 Å². The number of rotatable bonds is 1. The van der Waals surface area contributed by atoms with Crippen molar-refractivity contribution in [3.05, 3.63) is 84.1 Å². The van der Waals surface area contributed by atoms with Gasteiger partial charge in [0.1, 0.15) is 6.04 Å². The van der Waals surface area contributed by atoms with Crippen LogP contribution in [0.1, 0.15) is 17.2 Å². The number of hydrogen-bond acceptors (Lipinski definition) is 4. The van der Waals surface area contributed by atoms with E-state index < -0.39 is 17.9 Å². The highest BCUT2D eigenvalue weighted by molar-refractivity contribution is 6.25. The molecule has 3 aromatic carbocycles. The van der Waals surface area contributed by atoms with Gasteiger partial charge in [-0.2, -0.15) is 5.26 Å². The van der Waals surface area contributed by atoms with Gasteiger partial charge in [-0.05, 0) is 28.7 Å². The second-order valence-electron chi connectivity index (χ2n) is 7.97. The summed E-state index contributed by atoms with van der Waals surface area (Å²) in [7, 11) is 0. The fourth-order valence-electron chi connectivity index (χ4n) is 5.35. The number of nitrogens with zero attached hydrogens (tertiary/aromatic N) is 3. The van der Waals surface area contributed by atoms with Gasteiger partial charge in [0.15, 0.2) is 0 Å². The minimum atomic E-state index is -0.678. The summed E-state index contributed by atoms with van der Waals surface area (Å²) < 4.78 is 0. The SMILES string of the molecule is N#C[C@@H]1[C@@H]2C(=O)N(c3cccc4ccccc34)C(=O)[C@@H]2[C@@H]2c3ccccc3C=CN12. The van der Waals surface area contributed by atoms with Crippen molar-refractivity contribution in [3.63, 3.8) is 0 Å². The zero-order chi connectivity index (χ0) is 20.4. The molecule has 6 rings (SSSR count). The molecule has 5 heteroatoms. The number of fused-ring (bicyclic) bond motifs is 6. The normalized spacial score (nSPS) is 26.5. The molecule has 0 aliphatic carbocycles. The van der Waals surface area contributed by atoms with Crippen LogP contribution in [0.15, 0.2) is 72.9 Å². The van der Waals surface area contributed by atoms with Crippen LogP contribution in [0.5, 0.6) is 0 Å². The first-order valence-corrected chi connectivity index (χ1v) is 10.0. The third kappa shape index (κ3) is 2.05. The predicted molar refractivity (Wildman–Crippen MR) is 113 cm³/mol. The van der Waals surface area contributed by atoms with Crippen molar-refractivity contribution in [2.45, 2.75) is 12.1 Å². The lowest BCUT2D eigenvalue weighted by atomic mass is 9.85. The predicted octanol–water partition coefficient (Wildman–Crippen LogP) is 3.88. The zero-order valence-electron chi connectivity index (χ0n) is 16.0. The lowest BCUT2D eigenvalue weighted by Crippen LogP contribution is -2.40. The number of imide groups is 1. The average Bonchev–Trinajstić information content (AvgIpc) is 3.26. The summed E-state index contributed by atoms with van der Waals surface area (Å²) in [5, 5.41) is 11.8. The Hall–Kier alpha value is -3.91. The van der Waals surface area contributed by atoms with Crippen LogP contribution in [0.4, 0.5) is 5.69 Å². The van der Waals surface area contributed by atoms with Gasteiger partial charge in [0.05, 0.1) is 29.6 Å². The van der Waals surface area contributed by atoms with Crippen molar-refractivity contribution in [2.24, 2.45) is 11.8 Å². The molecule has 0 spiro atoms. The molecule has 0 aromatic heterocycles. The van der Waals surface area contributed by atoms with Gasteiger partial charge >= 0.3 is 0 Å². The van der Waals surface area contributed by atoms with Crippen LogP contribution in [0.3, 0.4) is 0 Å². The van der Waals surface area contributed by atoms with Crippen LogP contribution in [-0.2, 0) is 9.59 Å². The van der Waals surface area contributed by atoms with Gasteiger partial charge in [-0.1, -0.05) is 60.7 Å². The first kappa shape index (κ1) is 17.0. The topological polar surface area (TPSA) is 64.4 Å². The van der Waals surface area contributed by atoms with Crippen molar-refractivity contribution in [2.75, 3.05) is 4.90 Å². The lowest BCUT2D eigenvalue weighted by Gasteiger charge is -2.33. The first-order chi connectivity index (χ1) is 14.7. The molecule has 2 fully saturated rings. The van der Waals surface area contributed by atoms with Crippen LogP contribution in [-0.4, -0.2) is 22.8 Å². The van der Waals surface area contributed by atoms with Gasteiger partial charge in [0, 0.05) is 11.6 Å². The number of anilines is 1. The summed E-state index contributed by atoms with van der Waals surface area (Å²) in [6, 6.07) is 22.6. The molecule has 3 aromatic rings. The van der Waals surface area contributed by atoms with Crippen molar-refractivity contribution >= 4 is 34.4 Å². The van der Waals surface area contributed by atoms with Gasteiger partial charge in [0.25, 0.3) is 0 Å². The summed E-state index contributed by atoms with van der Waals surface area (Å²) in [4.78, 5) is 30.5. The van der Waals surface area contributed by atoms with Crippen molar-refractivity contribution < 1.29 is 9.59 Å². The molecule has 0 saturated carbocycles. The Balaban J connectivity index is 1.52. The van der Waals surface area contributed by atoms with E-state index in [-0.39, 0.29) is 17.9 Å². The number of amides is 2. The molecular weight excluding hydrogens is 374 g/mol. The molecule has 3 aliphatic rings. The monoisotopic (exact) mass is 391 g/mol. The van der Waals surface area contributed by atoms with Crippen LogP contribution >= 0.6 is 0 Å². The Morgan fingerprint density at radius 2 is 1.57 bits per heavy atom. The molecule has 0 bridgehead atoms. The second kappa shape index (κ2) is 6.04. The van der Waals surface area contributed by atoms with E-state index in [4.69, 9.17) is 0 Å². The Bertz CT molecular complexity index is 1300. The van der Waals surface area contributed by atoms with Crippen molar-refractivity contribution in [1.29, 1.82) is 5.26 Å². The average molecular weight is 391 g/mol. The molecule has 30 heavy (non-hydrogen) atoms. The summed E-state index contributed by atoms with van der Waals surface area (Å²) in [6.07, 6.45) is 3.82. The van der Waals surface area contributed by atoms with Gasteiger partial charge in [-0.15, -0.1) is 0 Å². The van der Waals surface area contributed by atoms with E-state index in [0.29, 0.717) is 5.69 Å². The maximum Gasteiger partial charge on any atom is 0.240 e. The van der Waals surface area contributed by atoms with Crippen molar-refractivity contribution in [1.82, 2.24) is 4.90 Å².